The van der Waals surface area contributed by atoms with E-state index in [1.54, 1.807) is 22.0 Å². The number of aryl methyl sites for hydroxylation is 1. The molecule has 1 atom stereocenters. The number of likely N-dealkylation sites (tertiary alicyclic amines) is 1. The van der Waals surface area contributed by atoms with Gasteiger partial charge in [0.2, 0.25) is 0 Å². The second-order valence-corrected chi connectivity index (χ2v) is 10.8. The lowest BCUT2D eigenvalue weighted by Gasteiger charge is -2.36. The van der Waals surface area contributed by atoms with Gasteiger partial charge >= 0.3 is 6.09 Å². The van der Waals surface area contributed by atoms with Crippen LogP contribution in [0, 0.1) is 0 Å². The maximum absolute atomic E-state index is 13.1. The van der Waals surface area contributed by atoms with Crippen molar-refractivity contribution in [2.24, 2.45) is 0 Å². The van der Waals surface area contributed by atoms with Crippen LogP contribution in [0.2, 0.25) is 0 Å². The van der Waals surface area contributed by atoms with Gasteiger partial charge in [-0.3, -0.25) is 9.48 Å². The molecule has 37 heavy (non-hydrogen) atoms. The number of carbonyl (C=O) groups excluding carboxylic acids is 2. The predicted octanol–water partition coefficient (Wildman–Crippen LogP) is 4.26. The Bertz CT molecular complexity index is 1300. The van der Waals surface area contributed by atoms with E-state index in [2.05, 4.69) is 32.4 Å². The average molecular weight is 506 g/mol. The fourth-order valence-electron chi connectivity index (χ4n) is 5.13. The van der Waals surface area contributed by atoms with E-state index < -0.39 is 5.60 Å². The highest BCUT2D eigenvalue weighted by molar-refractivity contribution is 5.94. The molecule has 0 aliphatic carbocycles. The molecule has 2 aliphatic rings. The molecule has 1 fully saturated rings. The van der Waals surface area contributed by atoms with Gasteiger partial charge in [0.25, 0.3) is 5.91 Å². The van der Waals surface area contributed by atoms with E-state index in [4.69, 9.17) is 4.74 Å². The topological polar surface area (TPSA) is 109 Å². The van der Waals surface area contributed by atoms with Crippen molar-refractivity contribution in [3.63, 3.8) is 0 Å². The molecule has 1 N–H and O–H groups in total. The van der Waals surface area contributed by atoms with Crippen LogP contribution in [-0.4, -0.2) is 78.0 Å². The normalized spacial score (nSPS) is 18.7. The number of nitrogens with zero attached hydrogens (tertiary/aromatic N) is 6. The molecule has 1 saturated heterocycles. The van der Waals surface area contributed by atoms with Crippen LogP contribution in [0.3, 0.4) is 0 Å². The van der Waals surface area contributed by atoms with Gasteiger partial charge in [-0.2, -0.15) is 0 Å². The number of amides is 2. The third-order valence-corrected chi connectivity index (χ3v) is 7.00. The molecule has 2 amide bonds. The molecule has 0 bridgehead atoms. The fourth-order valence-corrected chi connectivity index (χ4v) is 5.13. The first-order valence-corrected chi connectivity index (χ1v) is 13.1. The van der Waals surface area contributed by atoms with Crippen LogP contribution in [0.15, 0.2) is 36.8 Å². The summed E-state index contributed by atoms with van der Waals surface area (Å²) < 4.78 is 7.31. The molecule has 196 valence electrons. The second-order valence-electron chi connectivity index (χ2n) is 10.8. The zero-order chi connectivity index (χ0) is 26.0. The molecule has 3 aromatic heterocycles. The van der Waals surface area contributed by atoms with Gasteiger partial charge in [0.05, 0.1) is 6.20 Å². The number of aromatic nitrogens is 5. The molecular formula is C27H35N7O3. The van der Waals surface area contributed by atoms with Crippen LogP contribution in [0.25, 0.3) is 16.6 Å². The summed E-state index contributed by atoms with van der Waals surface area (Å²) in [5.74, 6) is -0.116. The van der Waals surface area contributed by atoms with Crippen molar-refractivity contribution >= 4 is 28.6 Å². The zero-order valence-corrected chi connectivity index (χ0v) is 21.8. The van der Waals surface area contributed by atoms with Gasteiger partial charge in [-0.1, -0.05) is 11.3 Å². The average Bonchev–Trinajstić information content (AvgIpc) is 3.54. The van der Waals surface area contributed by atoms with E-state index in [1.807, 2.05) is 37.9 Å². The Labute approximate surface area is 216 Å². The highest BCUT2D eigenvalue weighted by Crippen LogP contribution is 2.29. The number of rotatable bonds is 5. The van der Waals surface area contributed by atoms with Crippen LogP contribution >= 0.6 is 0 Å². The minimum absolute atomic E-state index is 0.0947. The molecular weight excluding hydrogens is 470 g/mol. The van der Waals surface area contributed by atoms with Gasteiger partial charge in [0.15, 0.2) is 5.69 Å². The number of nitrogens with one attached hydrogen (secondary N) is 1. The summed E-state index contributed by atoms with van der Waals surface area (Å²) in [6, 6.07) is 4.09. The zero-order valence-electron chi connectivity index (χ0n) is 21.8. The number of aromatic amines is 1. The molecule has 1 unspecified atom stereocenters. The molecule has 0 aromatic carbocycles. The molecule has 5 heterocycles. The van der Waals surface area contributed by atoms with Crippen molar-refractivity contribution in [2.45, 2.75) is 71.1 Å². The first-order chi connectivity index (χ1) is 17.8. The van der Waals surface area contributed by atoms with Crippen LogP contribution in [-0.2, 0) is 11.3 Å². The van der Waals surface area contributed by atoms with Gasteiger partial charge in [-0.25, -0.2) is 9.78 Å². The summed E-state index contributed by atoms with van der Waals surface area (Å²) in [5, 5.41) is 9.44. The second kappa shape index (κ2) is 10.4. The number of ether oxygens (including phenoxy) is 1. The van der Waals surface area contributed by atoms with Gasteiger partial charge < -0.3 is 19.5 Å². The van der Waals surface area contributed by atoms with Gasteiger partial charge in [0.1, 0.15) is 11.2 Å². The van der Waals surface area contributed by atoms with E-state index in [9.17, 15) is 9.59 Å². The summed E-state index contributed by atoms with van der Waals surface area (Å²) in [4.78, 5) is 37.0. The highest BCUT2D eigenvalue weighted by Gasteiger charge is 2.30. The fraction of sp³-hybridized carbons (Fsp3) is 0.519. The lowest BCUT2D eigenvalue weighted by molar-refractivity contribution is 0.00825. The monoisotopic (exact) mass is 505 g/mol. The molecule has 0 radical (unpaired) electrons. The van der Waals surface area contributed by atoms with E-state index in [-0.39, 0.29) is 18.0 Å². The summed E-state index contributed by atoms with van der Waals surface area (Å²) in [6.45, 7) is 8.10. The van der Waals surface area contributed by atoms with Crippen LogP contribution in [0.4, 0.5) is 4.79 Å². The number of piperidine rings is 1. The Morgan fingerprint density at radius 1 is 1.22 bits per heavy atom. The van der Waals surface area contributed by atoms with Gasteiger partial charge in [0, 0.05) is 55.6 Å². The highest BCUT2D eigenvalue weighted by atomic mass is 16.6. The van der Waals surface area contributed by atoms with Crippen LogP contribution in [0.1, 0.15) is 68.9 Å². The molecule has 10 heteroatoms. The Balaban J connectivity index is 1.18. The molecule has 10 nitrogen and oxygen atoms in total. The Hall–Kier alpha value is -3.69. The summed E-state index contributed by atoms with van der Waals surface area (Å²) in [7, 11) is 0. The number of H-pyrrole nitrogens is 1. The number of hydrogen-bond acceptors (Lipinski definition) is 6. The van der Waals surface area contributed by atoms with Crippen molar-refractivity contribution in [1.82, 2.24) is 34.8 Å². The number of pyridine rings is 1. The van der Waals surface area contributed by atoms with Gasteiger partial charge in [-0.05, 0) is 70.6 Å². The first kappa shape index (κ1) is 25.0. The number of fused-ring (bicyclic) bond motifs is 1. The van der Waals surface area contributed by atoms with E-state index in [1.165, 1.54) is 5.57 Å². The van der Waals surface area contributed by atoms with Gasteiger partial charge in [-0.15, -0.1) is 5.10 Å². The van der Waals surface area contributed by atoms with E-state index >= 15 is 0 Å². The third kappa shape index (κ3) is 5.68. The smallest absolute Gasteiger partial charge is 0.410 e. The third-order valence-electron chi connectivity index (χ3n) is 7.00. The lowest BCUT2D eigenvalue weighted by atomic mass is 9.99. The van der Waals surface area contributed by atoms with Crippen molar-refractivity contribution in [1.29, 1.82) is 0 Å². The minimum atomic E-state index is -0.517. The van der Waals surface area contributed by atoms with E-state index in [0.717, 1.165) is 48.7 Å². The summed E-state index contributed by atoms with van der Waals surface area (Å²) >= 11 is 0. The quantitative estimate of drug-likeness (QED) is 0.555. The van der Waals surface area contributed by atoms with Crippen LogP contribution < -0.4 is 0 Å². The molecule has 3 aromatic rings. The van der Waals surface area contributed by atoms with Crippen LogP contribution in [0.5, 0.6) is 0 Å². The maximum atomic E-state index is 13.1. The predicted molar refractivity (Wildman–Crippen MR) is 140 cm³/mol. The Kier molecular flexibility index (Phi) is 6.99. The van der Waals surface area contributed by atoms with Crippen molar-refractivity contribution in [3.05, 3.63) is 48.1 Å². The number of carbonyl (C=O) groups is 2. The Morgan fingerprint density at radius 3 is 2.86 bits per heavy atom. The number of hydrogen-bond donors (Lipinski definition) is 1. The largest absolute Gasteiger partial charge is 0.444 e. The molecule has 0 spiro atoms. The van der Waals surface area contributed by atoms with E-state index in [0.29, 0.717) is 31.9 Å². The van der Waals surface area contributed by atoms with Crippen molar-refractivity contribution < 1.29 is 14.3 Å². The Morgan fingerprint density at radius 2 is 2.08 bits per heavy atom. The molecule has 5 rings (SSSR count). The maximum Gasteiger partial charge on any atom is 0.410 e. The summed E-state index contributed by atoms with van der Waals surface area (Å²) in [6.07, 6.45) is 11.9. The van der Waals surface area contributed by atoms with Crippen molar-refractivity contribution in [2.75, 3.05) is 19.6 Å². The first-order valence-electron chi connectivity index (χ1n) is 13.1. The lowest BCUT2D eigenvalue weighted by Crippen LogP contribution is -2.46. The SMILES string of the molecule is CC(C)(C)OC(=O)N1CCCCC1CCn1cc(C(=O)N2CC=C(c3c[nH]c4ncccc34)CC2)nn1. The van der Waals surface area contributed by atoms with Crippen molar-refractivity contribution in [3.8, 4) is 0 Å². The minimum Gasteiger partial charge on any atom is -0.444 e. The molecule has 2 aliphatic heterocycles. The molecule has 0 saturated carbocycles. The summed E-state index contributed by atoms with van der Waals surface area (Å²) in [5.41, 5.74) is 3.06. The standard InChI is InChI=1S/C27H35N7O3/c1-27(2,3)37-26(36)34-13-5-4-7-20(34)11-16-33-18-23(30-31-33)25(35)32-14-9-19(10-15-32)22-17-29-24-21(22)8-6-12-28-24/h6,8-9,12,17-18,20H,4-5,7,10-11,13-16H2,1-3H3,(H,28,29).